The van der Waals surface area contributed by atoms with Crippen LogP contribution < -0.4 is 5.73 Å². The van der Waals surface area contributed by atoms with Gasteiger partial charge in [-0.3, -0.25) is 4.79 Å². The highest BCUT2D eigenvalue weighted by Gasteiger charge is 2.15. The molecular formula is C8H7F2NO2. The summed E-state index contributed by atoms with van der Waals surface area (Å²) >= 11 is 0. The molecule has 0 aliphatic heterocycles. The number of hydrogen-bond acceptors (Lipinski definition) is 3. The van der Waals surface area contributed by atoms with Gasteiger partial charge in [-0.2, -0.15) is 0 Å². The van der Waals surface area contributed by atoms with Crippen molar-refractivity contribution in [3.63, 3.8) is 0 Å². The fourth-order valence-electron chi connectivity index (χ4n) is 0.888. The summed E-state index contributed by atoms with van der Waals surface area (Å²) in [7, 11) is 0. The molecule has 0 aliphatic carbocycles. The molecule has 0 spiro atoms. The van der Waals surface area contributed by atoms with Gasteiger partial charge in [0.25, 0.3) is 0 Å². The fourth-order valence-corrected chi connectivity index (χ4v) is 0.888. The fraction of sp³-hybridized carbons (Fsp3) is 0.125. The van der Waals surface area contributed by atoms with Crippen LogP contribution in [0.25, 0.3) is 0 Å². The molecule has 1 rings (SSSR count). The molecule has 0 aromatic heterocycles. The highest BCUT2D eigenvalue weighted by atomic mass is 19.1. The lowest BCUT2D eigenvalue weighted by Gasteiger charge is -2.02. The van der Waals surface area contributed by atoms with Crippen molar-refractivity contribution in [2.45, 2.75) is 0 Å². The summed E-state index contributed by atoms with van der Waals surface area (Å²) < 4.78 is 25.2. The van der Waals surface area contributed by atoms with Crippen LogP contribution in [0.2, 0.25) is 0 Å². The van der Waals surface area contributed by atoms with Crippen LogP contribution in [0.5, 0.6) is 5.75 Å². The molecular weight excluding hydrogens is 180 g/mol. The molecule has 0 atom stereocenters. The van der Waals surface area contributed by atoms with Crippen molar-refractivity contribution in [2.24, 2.45) is 5.73 Å². The Bertz CT molecular complexity index is 352. The van der Waals surface area contributed by atoms with Crippen LogP contribution in [0, 0.1) is 11.6 Å². The number of carbonyl (C=O) groups is 1. The van der Waals surface area contributed by atoms with E-state index < -0.39 is 35.3 Å². The zero-order chi connectivity index (χ0) is 10.0. The Balaban J connectivity index is 3.28. The molecule has 3 N–H and O–H groups in total. The van der Waals surface area contributed by atoms with Gasteiger partial charge in [0.15, 0.2) is 17.3 Å². The molecule has 0 bridgehead atoms. The monoisotopic (exact) mass is 187 g/mol. The maximum absolute atomic E-state index is 12.7. The van der Waals surface area contributed by atoms with Crippen molar-refractivity contribution < 1.29 is 18.7 Å². The topological polar surface area (TPSA) is 63.3 Å². The Hall–Kier alpha value is -1.49. The number of benzene rings is 1. The quantitative estimate of drug-likeness (QED) is 0.673. The van der Waals surface area contributed by atoms with Gasteiger partial charge in [0.2, 0.25) is 0 Å². The summed E-state index contributed by atoms with van der Waals surface area (Å²) in [5.41, 5.74) is 4.54. The van der Waals surface area contributed by atoms with Crippen LogP contribution in [0.1, 0.15) is 10.4 Å². The van der Waals surface area contributed by atoms with Gasteiger partial charge in [0.05, 0.1) is 12.1 Å². The smallest absolute Gasteiger partial charge is 0.180 e. The molecule has 0 saturated carbocycles. The second-order valence-corrected chi connectivity index (χ2v) is 2.41. The van der Waals surface area contributed by atoms with E-state index in [1.165, 1.54) is 0 Å². The van der Waals surface area contributed by atoms with Crippen LogP contribution in [0.15, 0.2) is 12.1 Å². The summed E-state index contributed by atoms with van der Waals surface area (Å²) in [5, 5.41) is 9.01. The number of halogens is 2. The van der Waals surface area contributed by atoms with Gasteiger partial charge >= 0.3 is 0 Å². The first kappa shape index (κ1) is 9.60. The lowest BCUT2D eigenvalue weighted by atomic mass is 10.1. The lowest BCUT2D eigenvalue weighted by Crippen LogP contribution is -2.14. The Morgan fingerprint density at radius 1 is 1.46 bits per heavy atom. The number of Topliss-reactive ketones (excluding diaryl/α,β-unsaturated/α-hetero) is 1. The molecule has 0 radical (unpaired) electrons. The van der Waals surface area contributed by atoms with Crippen molar-refractivity contribution in [2.75, 3.05) is 6.54 Å². The first-order valence-corrected chi connectivity index (χ1v) is 3.47. The number of rotatable bonds is 2. The van der Waals surface area contributed by atoms with E-state index >= 15 is 0 Å². The average Bonchev–Trinajstić information content (AvgIpc) is 2.10. The maximum Gasteiger partial charge on any atom is 0.180 e. The standard InChI is InChI=1S/C8H7F2NO2/c9-4-1-5(7(12)3-11)8(13)6(10)2-4/h1-2,13H,3,11H2. The molecule has 0 fully saturated rings. The molecule has 1 aromatic rings. The highest BCUT2D eigenvalue weighted by molar-refractivity contribution is 5.99. The summed E-state index contributed by atoms with van der Waals surface area (Å²) in [6.07, 6.45) is 0. The number of hydrogen-bond donors (Lipinski definition) is 2. The lowest BCUT2D eigenvalue weighted by molar-refractivity contribution is 0.0997. The van der Waals surface area contributed by atoms with Crippen LogP contribution >= 0.6 is 0 Å². The van der Waals surface area contributed by atoms with Crippen molar-refractivity contribution in [3.05, 3.63) is 29.3 Å². The Morgan fingerprint density at radius 2 is 2.08 bits per heavy atom. The van der Waals surface area contributed by atoms with Gasteiger partial charge < -0.3 is 10.8 Å². The van der Waals surface area contributed by atoms with Crippen LogP contribution in [-0.2, 0) is 0 Å². The van der Waals surface area contributed by atoms with E-state index in [0.29, 0.717) is 6.07 Å². The Kier molecular flexibility index (Phi) is 2.57. The van der Waals surface area contributed by atoms with E-state index in [9.17, 15) is 13.6 Å². The summed E-state index contributed by atoms with van der Waals surface area (Å²) in [6, 6.07) is 1.23. The van der Waals surface area contributed by atoms with Gasteiger partial charge in [-0.15, -0.1) is 0 Å². The zero-order valence-electron chi connectivity index (χ0n) is 6.55. The first-order valence-electron chi connectivity index (χ1n) is 3.47. The second-order valence-electron chi connectivity index (χ2n) is 2.41. The van der Waals surface area contributed by atoms with Gasteiger partial charge in [0.1, 0.15) is 5.82 Å². The Labute approximate surface area is 72.8 Å². The Morgan fingerprint density at radius 3 is 2.62 bits per heavy atom. The minimum absolute atomic E-state index is 0.406. The molecule has 0 saturated heterocycles. The summed E-state index contributed by atoms with van der Waals surface area (Å²) in [6.45, 7) is -0.406. The van der Waals surface area contributed by atoms with E-state index in [4.69, 9.17) is 10.8 Å². The number of ketones is 1. The van der Waals surface area contributed by atoms with E-state index in [1.54, 1.807) is 0 Å². The number of carbonyl (C=O) groups excluding carboxylic acids is 1. The third-order valence-corrected chi connectivity index (χ3v) is 1.51. The van der Waals surface area contributed by atoms with Gasteiger partial charge in [-0.05, 0) is 6.07 Å². The third kappa shape index (κ3) is 1.81. The largest absolute Gasteiger partial charge is 0.504 e. The van der Waals surface area contributed by atoms with E-state index in [0.717, 1.165) is 6.07 Å². The van der Waals surface area contributed by atoms with Crippen LogP contribution in [-0.4, -0.2) is 17.4 Å². The van der Waals surface area contributed by atoms with Crippen LogP contribution in [0.4, 0.5) is 8.78 Å². The average molecular weight is 187 g/mol. The molecule has 1 aromatic carbocycles. The normalized spacial score (nSPS) is 10.1. The number of phenols is 1. The minimum atomic E-state index is -1.17. The molecule has 3 nitrogen and oxygen atoms in total. The second kappa shape index (κ2) is 3.49. The third-order valence-electron chi connectivity index (χ3n) is 1.51. The van der Waals surface area contributed by atoms with E-state index in [1.807, 2.05) is 0 Å². The SMILES string of the molecule is NCC(=O)c1cc(F)cc(F)c1O. The molecule has 13 heavy (non-hydrogen) atoms. The molecule has 5 heteroatoms. The molecule has 70 valence electrons. The summed E-state index contributed by atoms with van der Waals surface area (Å²) in [4.78, 5) is 10.9. The zero-order valence-corrected chi connectivity index (χ0v) is 6.55. The van der Waals surface area contributed by atoms with Gasteiger partial charge in [-0.1, -0.05) is 0 Å². The predicted molar refractivity (Wildman–Crippen MR) is 41.4 cm³/mol. The summed E-state index contributed by atoms with van der Waals surface area (Å²) in [5.74, 6) is -3.67. The van der Waals surface area contributed by atoms with E-state index in [2.05, 4.69) is 0 Å². The number of phenolic OH excluding ortho intramolecular Hbond substituents is 1. The maximum atomic E-state index is 12.7. The molecule has 0 aliphatic rings. The highest BCUT2D eigenvalue weighted by Crippen LogP contribution is 2.22. The minimum Gasteiger partial charge on any atom is -0.504 e. The number of nitrogens with two attached hydrogens (primary N) is 1. The van der Waals surface area contributed by atoms with Crippen molar-refractivity contribution >= 4 is 5.78 Å². The molecule has 0 heterocycles. The van der Waals surface area contributed by atoms with Crippen LogP contribution in [0.3, 0.4) is 0 Å². The van der Waals surface area contributed by atoms with Crippen molar-refractivity contribution in [1.82, 2.24) is 0 Å². The van der Waals surface area contributed by atoms with E-state index in [-0.39, 0.29) is 0 Å². The predicted octanol–water partition coefficient (Wildman–Crippen LogP) is 0.812. The molecule has 0 amide bonds. The first-order chi connectivity index (χ1) is 6.06. The van der Waals surface area contributed by atoms with Gasteiger partial charge in [0, 0.05) is 6.07 Å². The van der Waals surface area contributed by atoms with Crippen molar-refractivity contribution in [3.8, 4) is 5.75 Å². The van der Waals surface area contributed by atoms with Crippen molar-refractivity contribution in [1.29, 1.82) is 0 Å². The van der Waals surface area contributed by atoms with Gasteiger partial charge in [-0.25, -0.2) is 8.78 Å². The molecule has 0 unspecified atom stereocenters. The number of aromatic hydroxyl groups is 1.